The highest BCUT2D eigenvalue weighted by molar-refractivity contribution is 9.10. The van der Waals surface area contributed by atoms with Crippen LogP contribution in [0.1, 0.15) is 37.7 Å². The van der Waals surface area contributed by atoms with Crippen molar-refractivity contribution in [3.05, 3.63) is 34.1 Å². The Balaban J connectivity index is 2.01. The Morgan fingerprint density at radius 3 is 2.71 bits per heavy atom. The van der Waals surface area contributed by atoms with Gasteiger partial charge in [0.15, 0.2) is 0 Å². The molecule has 0 saturated heterocycles. The topological polar surface area (TPSA) is 26.0 Å². The predicted molar refractivity (Wildman–Crippen MR) is 72.4 cm³/mol. The van der Waals surface area contributed by atoms with E-state index in [4.69, 9.17) is 5.73 Å². The first kappa shape index (κ1) is 13.0. The Morgan fingerprint density at radius 1 is 1.29 bits per heavy atom. The third kappa shape index (κ3) is 3.29. The highest BCUT2D eigenvalue weighted by atomic mass is 79.9. The van der Waals surface area contributed by atoms with Gasteiger partial charge < -0.3 is 5.73 Å². The molecule has 0 bridgehead atoms. The van der Waals surface area contributed by atoms with Crippen molar-refractivity contribution in [2.24, 2.45) is 11.7 Å². The molecule has 0 heterocycles. The third-order valence-corrected chi connectivity index (χ3v) is 4.63. The fourth-order valence-corrected chi connectivity index (χ4v) is 3.12. The maximum absolute atomic E-state index is 13.4. The lowest BCUT2D eigenvalue weighted by atomic mass is 9.82. The molecular formula is C14H19BrFN. The maximum Gasteiger partial charge on any atom is 0.137 e. The molecule has 1 atom stereocenters. The zero-order valence-corrected chi connectivity index (χ0v) is 11.5. The molecule has 1 fully saturated rings. The molecule has 1 saturated carbocycles. The van der Waals surface area contributed by atoms with Crippen LogP contribution in [-0.2, 0) is 6.42 Å². The molecule has 0 aliphatic heterocycles. The van der Waals surface area contributed by atoms with Crippen LogP contribution >= 0.6 is 15.9 Å². The van der Waals surface area contributed by atoms with Crippen molar-refractivity contribution in [1.82, 2.24) is 0 Å². The number of hydrogen-bond acceptors (Lipinski definition) is 1. The third-order valence-electron chi connectivity index (χ3n) is 3.74. The predicted octanol–water partition coefficient (Wildman–Crippen LogP) is 4.04. The molecule has 2 rings (SSSR count). The standard InChI is InChI=1S/C14H19BrFN/c15-14-11(7-4-8-12(14)16)9-13(17)10-5-2-1-3-6-10/h4,7-8,10,13H,1-3,5-6,9,17H2. The summed E-state index contributed by atoms with van der Waals surface area (Å²) >= 11 is 3.30. The molecule has 1 aromatic carbocycles. The second-order valence-corrected chi connectivity index (χ2v) is 5.77. The summed E-state index contributed by atoms with van der Waals surface area (Å²) in [7, 11) is 0. The van der Waals surface area contributed by atoms with Crippen LogP contribution in [0.5, 0.6) is 0 Å². The molecule has 0 radical (unpaired) electrons. The molecule has 0 aromatic heterocycles. The fraction of sp³-hybridized carbons (Fsp3) is 0.571. The van der Waals surface area contributed by atoms with Gasteiger partial charge in [0.05, 0.1) is 4.47 Å². The molecule has 0 spiro atoms. The SMILES string of the molecule is NC(Cc1cccc(F)c1Br)C1CCCCC1. The Kier molecular flexibility index (Phi) is 4.57. The zero-order chi connectivity index (χ0) is 12.3. The normalized spacial score (nSPS) is 19.2. The molecule has 1 aliphatic rings. The fourth-order valence-electron chi connectivity index (χ4n) is 2.69. The summed E-state index contributed by atoms with van der Waals surface area (Å²) in [4.78, 5) is 0. The lowest BCUT2D eigenvalue weighted by molar-refractivity contribution is 0.303. The number of hydrogen-bond donors (Lipinski definition) is 1. The highest BCUT2D eigenvalue weighted by Crippen LogP contribution is 2.29. The largest absolute Gasteiger partial charge is 0.327 e. The van der Waals surface area contributed by atoms with Gasteiger partial charge >= 0.3 is 0 Å². The van der Waals surface area contributed by atoms with E-state index in [0.29, 0.717) is 10.4 Å². The van der Waals surface area contributed by atoms with E-state index >= 15 is 0 Å². The zero-order valence-electron chi connectivity index (χ0n) is 9.96. The van der Waals surface area contributed by atoms with Crippen molar-refractivity contribution in [2.45, 2.75) is 44.6 Å². The molecule has 94 valence electrons. The number of nitrogens with two attached hydrogens (primary N) is 1. The van der Waals surface area contributed by atoms with Crippen molar-refractivity contribution >= 4 is 15.9 Å². The van der Waals surface area contributed by atoms with Crippen molar-refractivity contribution in [3.63, 3.8) is 0 Å². The van der Waals surface area contributed by atoms with E-state index in [1.165, 1.54) is 38.2 Å². The van der Waals surface area contributed by atoms with Crippen LogP contribution in [0.4, 0.5) is 4.39 Å². The van der Waals surface area contributed by atoms with Crippen LogP contribution in [0.15, 0.2) is 22.7 Å². The van der Waals surface area contributed by atoms with Crippen molar-refractivity contribution in [2.75, 3.05) is 0 Å². The van der Waals surface area contributed by atoms with E-state index < -0.39 is 0 Å². The van der Waals surface area contributed by atoms with Crippen LogP contribution in [0.3, 0.4) is 0 Å². The number of rotatable bonds is 3. The summed E-state index contributed by atoms with van der Waals surface area (Å²) in [5.74, 6) is 0.414. The summed E-state index contributed by atoms with van der Waals surface area (Å²) in [5, 5.41) is 0. The smallest absolute Gasteiger partial charge is 0.137 e. The second-order valence-electron chi connectivity index (χ2n) is 4.98. The lowest BCUT2D eigenvalue weighted by Crippen LogP contribution is -2.33. The minimum absolute atomic E-state index is 0.161. The average molecular weight is 300 g/mol. The molecule has 1 aromatic rings. The molecule has 1 nitrogen and oxygen atoms in total. The second kappa shape index (κ2) is 5.96. The summed E-state index contributed by atoms with van der Waals surface area (Å²) in [6.07, 6.45) is 7.16. The van der Waals surface area contributed by atoms with Crippen molar-refractivity contribution in [1.29, 1.82) is 0 Å². The Morgan fingerprint density at radius 2 is 2.00 bits per heavy atom. The minimum Gasteiger partial charge on any atom is -0.327 e. The van der Waals surface area contributed by atoms with E-state index in [-0.39, 0.29) is 11.9 Å². The van der Waals surface area contributed by atoms with Crippen LogP contribution in [0, 0.1) is 11.7 Å². The molecule has 2 N–H and O–H groups in total. The lowest BCUT2D eigenvalue weighted by Gasteiger charge is -2.27. The maximum atomic E-state index is 13.4. The van der Waals surface area contributed by atoms with Gasteiger partial charge in [-0.1, -0.05) is 31.4 Å². The van der Waals surface area contributed by atoms with Gasteiger partial charge in [-0.15, -0.1) is 0 Å². The summed E-state index contributed by atoms with van der Waals surface area (Å²) in [5.41, 5.74) is 7.25. The molecule has 0 amide bonds. The molecule has 1 aliphatic carbocycles. The van der Waals surface area contributed by atoms with Gasteiger partial charge in [-0.3, -0.25) is 0 Å². The van der Waals surface area contributed by atoms with Crippen LogP contribution < -0.4 is 5.73 Å². The summed E-state index contributed by atoms with van der Waals surface area (Å²) < 4.78 is 14.0. The molecule has 3 heteroatoms. The highest BCUT2D eigenvalue weighted by Gasteiger charge is 2.21. The van der Waals surface area contributed by atoms with Gasteiger partial charge in [-0.25, -0.2) is 4.39 Å². The number of benzene rings is 1. The van der Waals surface area contributed by atoms with E-state index in [1.807, 2.05) is 6.07 Å². The van der Waals surface area contributed by atoms with E-state index in [0.717, 1.165) is 12.0 Å². The van der Waals surface area contributed by atoms with Crippen LogP contribution in [0.2, 0.25) is 0 Å². The molecule has 1 unspecified atom stereocenters. The quantitative estimate of drug-likeness (QED) is 0.896. The van der Waals surface area contributed by atoms with Gasteiger partial charge in [0.25, 0.3) is 0 Å². The first-order valence-corrected chi connectivity index (χ1v) is 7.16. The number of halogens is 2. The van der Waals surface area contributed by atoms with E-state index in [2.05, 4.69) is 15.9 Å². The first-order chi connectivity index (χ1) is 8.18. The molecule has 17 heavy (non-hydrogen) atoms. The monoisotopic (exact) mass is 299 g/mol. The average Bonchev–Trinajstić information content (AvgIpc) is 2.36. The van der Waals surface area contributed by atoms with Crippen LogP contribution in [-0.4, -0.2) is 6.04 Å². The molecular weight excluding hydrogens is 281 g/mol. The Bertz CT molecular complexity index is 374. The van der Waals surface area contributed by atoms with Crippen molar-refractivity contribution < 1.29 is 4.39 Å². The van der Waals surface area contributed by atoms with Crippen molar-refractivity contribution in [3.8, 4) is 0 Å². The van der Waals surface area contributed by atoms with Gasteiger partial charge in [-0.2, -0.15) is 0 Å². The van der Waals surface area contributed by atoms with Gasteiger partial charge in [0, 0.05) is 6.04 Å². The Hall–Kier alpha value is -0.410. The van der Waals surface area contributed by atoms with Gasteiger partial charge in [0.1, 0.15) is 5.82 Å². The Labute approximate surface area is 111 Å². The minimum atomic E-state index is -0.196. The first-order valence-electron chi connectivity index (χ1n) is 6.37. The van der Waals surface area contributed by atoms with Gasteiger partial charge in [0.2, 0.25) is 0 Å². The van der Waals surface area contributed by atoms with E-state index in [1.54, 1.807) is 6.07 Å². The summed E-state index contributed by atoms with van der Waals surface area (Å²) in [6.45, 7) is 0. The van der Waals surface area contributed by atoms with Gasteiger partial charge in [-0.05, 0) is 52.7 Å². The summed E-state index contributed by atoms with van der Waals surface area (Å²) in [6, 6.07) is 5.34. The van der Waals surface area contributed by atoms with E-state index in [9.17, 15) is 4.39 Å². The van der Waals surface area contributed by atoms with Crippen LogP contribution in [0.25, 0.3) is 0 Å².